The smallest absolute Gasteiger partial charge is 0.307 e. The molecule has 0 heterocycles. The number of rotatable bonds is 28. The van der Waals surface area contributed by atoms with Crippen LogP contribution >= 0.6 is 0 Å². The van der Waals surface area contributed by atoms with Gasteiger partial charge < -0.3 is 14.7 Å². The van der Waals surface area contributed by atoms with Crippen molar-refractivity contribution in [2.45, 2.75) is 155 Å². The highest BCUT2D eigenvalue weighted by Gasteiger charge is 2.10. The highest BCUT2D eigenvalue weighted by Crippen LogP contribution is 2.11. The van der Waals surface area contributed by atoms with Crippen molar-refractivity contribution < 1.29 is 24.3 Å². The topological polar surface area (TPSA) is 76.1 Å². The molecule has 36 heavy (non-hydrogen) atoms. The Morgan fingerprint density at radius 1 is 0.500 bits per heavy atom. The number of carbonyl (C=O) groups is 2. The maximum absolute atomic E-state index is 11.8. The summed E-state index contributed by atoms with van der Waals surface area (Å²) in [4.78, 5) is 23.6. The molecule has 0 fully saturated rings. The second kappa shape index (κ2) is 28.4. The molecule has 0 rings (SSSR count). The first kappa shape index (κ1) is 34.9. The SMILES string of the molecule is CCCCCCCCCCCCOC(=O)CCN(O)CCC(=O)OCCCCCCCCCCCC. The number of unbranched alkanes of at least 4 members (excludes halogenated alkanes) is 18. The number of nitrogens with zero attached hydrogens (tertiary/aromatic N) is 1. The number of ether oxygens (including phenoxy) is 2. The molecule has 0 aromatic rings. The van der Waals surface area contributed by atoms with Crippen LogP contribution < -0.4 is 0 Å². The monoisotopic (exact) mass is 513 g/mol. The third-order valence-electron chi connectivity index (χ3n) is 6.67. The molecule has 0 aliphatic rings. The normalized spacial score (nSPS) is 11.2. The molecule has 0 aromatic heterocycles. The molecule has 1 N–H and O–H groups in total. The molecule has 0 radical (unpaired) electrons. The Labute approximate surface area is 222 Å². The van der Waals surface area contributed by atoms with Crippen LogP contribution in [-0.2, 0) is 19.1 Å². The van der Waals surface area contributed by atoms with Gasteiger partial charge in [-0.15, -0.1) is 0 Å². The third kappa shape index (κ3) is 27.4. The summed E-state index contributed by atoms with van der Waals surface area (Å²) < 4.78 is 10.5. The van der Waals surface area contributed by atoms with E-state index in [0.717, 1.165) is 30.7 Å². The van der Waals surface area contributed by atoms with Crippen molar-refractivity contribution in [1.82, 2.24) is 5.06 Å². The summed E-state index contributed by atoms with van der Waals surface area (Å²) in [6.45, 7) is 5.72. The van der Waals surface area contributed by atoms with E-state index in [0.29, 0.717) is 13.2 Å². The van der Waals surface area contributed by atoms with Crippen LogP contribution in [0, 0.1) is 0 Å². The Hall–Kier alpha value is -1.14. The molecule has 0 aromatic carbocycles. The van der Waals surface area contributed by atoms with Crippen molar-refractivity contribution in [3.8, 4) is 0 Å². The molecule has 0 saturated carbocycles. The highest BCUT2D eigenvalue weighted by atomic mass is 16.5. The quantitative estimate of drug-likeness (QED) is 0.0643. The van der Waals surface area contributed by atoms with E-state index >= 15 is 0 Å². The average Bonchev–Trinajstić information content (AvgIpc) is 2.88. The van der Waals surface area contributed by atoms with Crippen LogP contribution in [-0.4, -0.2) is 48.5 Å². The summed E-state index contributed by atoms with van der Waals surface area (Å²) >= 11 is 0. The van der Waals surface area contributed by atoms with E-state index in [1.165, 1.54) is 103 Å². The maximum Gasteiger partial charge on any atom is 0.307 e. The van der Waals surface area contributed by atoms with E-state index in [1.807, 2.05) is 0 Å². The molecule has 0 spiro atoms. The van der Waals surface area contributed by atoms with Crippen molar-refractivity contribution in [1.29, 1.82) is 0 Å². The Bertz CT molecular complexity index is 444. The first-order valence-corrected chi connectivity index (χ1v) is 15.3. The summed E-state index contributed by atoms with van der Waals surface area (Å²) in [6.07, 6.45) is 25.2. The summed E-state index contributed by atoms with van der Waals surface area (Å²) in [5.41, 5.74) is 0. The number of carbonyl (C=O) groups excluding carboxylic acids is 2. The lowest BCUT2D eigenvalue weighted by molar-refractivity contribution is -0.152. The number of hydrogen-bond donors (Lipinski definition) is 1. The fraction of sp³-hybridized carbons (Fsp3) is 0.933. The highest BCUT2D eigenvalue weighted by molar-refractivity contribution is 5.70. The van der Waals surface area contributed by atoms with Crippen molar-refractivity contribution in [2.75, 3.05) is 26.3 Å². The van der Waals surface area contributed by atoms with Crippen LogP contribution in [0.4, 0.5) is 0 Å². The van der Waals surface area contributed by atoms with Gasteiger partial charge >= 0.3 is 11.9 Å². The molecular weight excluding hydrogens is 454 g/mol. The third-order valence-corrected chi connectivity index (χ3v) is 6.67. The number of hydrogen-bond acceptors (Lipinski definition) is 6. The van der Waals surface area contributed by atoms with Crippen LogP contribution in [0.5, 0.6) is 0 Å². The zero-order valence-corrected chi connectivity index (χ0v) is 23.9. The van der Waals surface area contributed by atoms with Gasteiger partial charge in [-0.25, -0.2) is 0 Å². The maximum atomic E-state index is 11.8. The van der Waals surface area contributed by atoms with Gasteiger partial charge in [0.25, 0.3) is 0 Å². The van der Waals surface area contributed by atoms with Gasteiger partial charge in [-0.05, 0) is 12.8 Å². The second-order valence-electron chi connectivity index (χ2n) is 10.3. The molecule has 0 saturated heterocycles. The van der Waals surface area contributed by atoms with Gasteiger partial charge in [0, 0.05) is 13.1 Å². The minimum absolute atomic E-state index is 0.127. The number of esters is 2. The average molecular weight is 514 g/mol. The molecule has 0 bridgehead atoms. The molecule has 0 atom stereocenters. The molecular formula is C30H59NO5. The lowest BCUT2D eigenvalue weighted by Gasteiger charge is -2.14. The summed E-state index contributed by atoms with van der Waals surface area (Å²) in [5, 5.41) is 10.9. The van der Waals surface area contributed by atoms with Crippen LogP contribution in [0.25, 0.3) is 0 Å². The van der Waals surface area contributed by atoms with Crippen LogP contribution in [0.2, 0.25) is 0 Å². The van der Waals surface area contributed by atoms with Gasteiger partial charge in [0.05, 0.1) is 26.1 Å². The van der Waals surface area contributed by atoms with Gasteiger partial charge in [0.2, 0.25) is 0 Å². The summed E-state index contributed by atoms with van der Waals surface area (Å²) in [5.74, 6) is -0.595. The van der Waals surface area contributed by atoms with Crippen LogP contribution in [0.3, 0.4) is 0 Å². The molecule has 0 aliphatic heterocycles. The van der Waals surface area contributed by atoms with Crippen molar-refractivity contribution in [2.24, 2.45) is 0 Å². The predicted octanol–water partition coefficient (Wildman–Crippen LogP) is 8.39. The lowest BCUT2D eigenvalue weighted by Crippen LogP contribution is -2.26. The Morgan fingerprint density at radius 3 is 1.08 bits per heavy atom. The molecule has 0 aliphatic carbocycles. The van der Waals surface area contributed by atoms with Crippen LogP contribution in [0.1, 0.15) is 155 Å². The largest absolute Gasteiger partial charge is 0.466 e. The van der Waals surface area contributed by atoms with Crippen molar-refractivity contribution in [3.05, 3.63) is 0 Å². The molecule has 6 heteroatoms. The minimum atomic E-state index is -0.298. The van der Waals surface area contributed by atoms with E-state index in [1.54, 1.807) is 0 Å². The van der Waals surface area contributed by atoms with Gasteiger partial charge in [0.1, 0.15) is 0 Å². The summed E-state index contributed by atoms with van der Waals surface area (Å²) in [7, 11) is 0. The van der Waals surface area contributed by atoms with E-state index in [-0.39, 0.29) is 37.9 Å². The zero-order valence-electron chi connectivity index (χ0n) is 23.9. The van der Waals surface area contributed by atoms with Crippen molar-refractivity contribution in [3.63, 3.8) is 0 Å². The van der Waals surface area contributed by atoms with Gasteiger partial charge in [-0.2, -0.15) is 5.06 Å². The van der Waals surface area contributed by atoms with E-state index < -0.39 is 0 Å². The van der Waals surface area contributed by atoms with Crippen LogP contribution in [0.15, 0.2) is 0 Å². The first-order chi connectivity index (χ1) is 17.6. The first-order valence-electron chi connectivity index (χ1n) is 15.3. The fourth-order valence-corrected chi connectivity index (χ4v) is 4.25. The minimum Gasteiger partial charge on any atom is -0.466 e. The van der Waals surface area contributed by atoms with Crippen molar-refractivity contribution >= 4 is 11.9 Å². The Morgan fingerprint density at radius 2 is 0.778 bits per heavy atom. The Balaban J connectivity index is 3.42. The standard InChI is InChI=1S/C30H59NO5/c1-3-5-7-9-11-13-15-17-19-21-27-35-29(32)23-25-31(34)26-24-30(33)36-28-22-20-18-16-14-12-10-8-6-4-2/h34H,3-28H2,1-2H3. The molecule has 0 amide bonds. The Kier molecular flexibility index (Phi) is 27.5. The lowest BCUT2D eigenvalue weighted by atomic mass is 10.1. The van der Waals surface area contributed by atoms with Gasteiger partial charge in [-0.1, -0.05) is 129 Å². The number of hydroxylamine groups is 2. The van der Waals surface area contributed by atoms with Gasteiger partial charge in [-0.3, -0.25) is 9.59 Å². The predicted molar refractivity (Wildman–Crippen MR) is 148 cm³/mol. The molecule has 0 unspecified atom stereocenters. The van der Waals surface area contributed by atoms with Gasteiger partial charge in [0.15, 0.2) is 0 Å². The zero-order chi connectivity index (χ0) is 26.5. The second-order valence-corrected chi connectivity index (χ2v) is 10.3. The molecule has 6 nitrogen and oxygen atoms in total. The van der Waals surface area contributed by atoms with E-state index in [9.17, 15) is 14.8 Å². The summed E-state index contributed by atoms with van der Waals surface area (Å²) in [6, 6.07) is 0. The fourth-order valence-electron chi connectivity index (χ4n) is 4.25. The molecule has 214 valence electrons. The van der Waals surface area contributed by atoms with E-state index in [2.05, 4.69) is 13.8 Å². The van der Waals surface area contributed by atoms with E-state index in [4.69, 9.17) is 9.47 Å².